The molecule has 0 radical (unpaired) electrons. The Morgan fingerprint density at radius 2 is 1.88 bits per heavy atom. The van der Waals surface area contributed by atoms with Gasteiger partial charge in [-0.3, -0.25) is 9.59 Å². The average molecular weight is 345 g/mol. The van der Waals surface area contributed by atoms with Gasteiger partial charge < -0.3 is 10.2 Å². The Morgan fingerprint density at radius 3 is 2.58 bits per heavy atom. The summed E-state index contributed by atoms with van der Waals surface area (Å²) < 4.78 is 0. The minimum Gasteiger partial charge on any atom is -0.352 e. The molecule has 5 heteroatoms. The third-order valence-corrected chi connectivity index (χ3v) is 3.87. The maximum atomic E-state index is 12.1. The zero-order valence-electron chi connectivity index (χ0n) is 13.9. The first kappa shape index (κ1) is 18.0. The number of amides is 2. The summed E-state index contributed by atoms with van der Waals surface area (Å²) in [5.74, 6) is -0.191. The Labute approximate surface area is 147 Å². The molecule has 2 aromatic rings. The molecule has 0 fully saturated rings. The van der Waals surface area contributed by atoms with E-state index in [1.807, 2.05) is 43.3 Å². The number of nitrogens with one attached hydrogen (secondary N) is 1. The van der Waals surface area contributed by atoms with E-state index in [-0.39, 0.29) is 18.2 Å². The van der Waals surface area contributed by atoms with Gasteiger partial charge in [-0.2, -0.15) is 0 Å². The van der Waals surface area contributed by atoms with Crippen LogP contribution < -0.4 is 5.32 Å². The lowest BCUT2D eigenvalue weighted by molar-refractivity contribution is -0.130. The van der Waals surface area contributed by atoms with Crippen molar-refractivity contribution in [2.75, 3.05) is 13.6 Å². The van der Waals surface area contributed by atoms with Crippen LogP contribution in [0.5, 0.6) is 0 Å². The number of hydrogen-bond donors (Lipinski definition) is 1. The van der Waals surface area contributed by atoms with Gasteiger partial charge in [-0.25, -0.2) is 0 Å². The summed E-state index contributed by atoms with van der Waals surface area (Å²) >= 11 is 5.94. The molecule has 0 bridgehead atoms. The monoisotopic (exact) mass is 344 g/mol. The van der Waals surface area contributed by atoms with Crippen LogP contribution >= 0.6 is 11.6 Å². The second kappa shape index (κ2) is 8.50. The highest BCUT2D eigenvalue weighted by Gasteiger charge is 2.11. The van der Waals surface area contributed by atoms with Crippen LogP contribution in [0.2, 0.25) is 5.02 Å². The third-order valence-electron chi connectivity index (χ3n) is 3.64. The number of aryl methyl sites for hydroxylation is 1. The predicted octanol–water partition coefficient (Wildman–Crippen LogP) is 3.43. The fourth-order valence-electron chi connectivity index (χ4n) is 2.36. The van der Waals surface area contributed by atoms with Crippen molar-refractivity contribution in [3.63, 3.8) is 0 Å². The lowest BCUT2D eigenvalue weighted by Crippen LogP contribution is -2.31. The van der Waals surface area contributed by atoms with Crippen LogP contribution in [0.3, 0.4) is 0 Å². The molecule has 0 aromatic heterocycles. The number of carbonyl (C=O) groups is 2. The molecule has 1 N–H and O–H groups in total. The van der Waals surface area contributed by atoms with Crippen LogP contribution in [0, 0.1) is 6.92 Å². The predicted molar refractivity (Wildman–Crippen MR) is 96.1 cm³/mol. The van der Waals surface area contributed by atoms with E-state index in [2.05, 4.69) is 5.32 Å². The standard InChI is InChI=1S/C19H21ClN2O2/c1-14-5-3-7-16(11-14)19(24)21-10-9-18(23)22(2)13-15-6-4-8-17(20)12-15/h3-8,11-12H,9-10,13H2,1-2H3,(H,21,24). The van der Waals surface area contributed by atoms with Crippen molar-refractivity contribution in [1.29, 1.82) is 0 Å². The Kier molecular flexibility index (Phi) is 6.38. The summed E-state index contributed by atoms with van der Waals surface area (Å²) in [4.78, 5) is 25.8. The van der Waals surface area contributed by atoms with Crippen molar-refractivity contribution in [3.8, 4) is 0 Å². The Balaban J connectivity index is 1.79. The highest BCUT2D eigenvalue weighted by molar-refractivity contribution is 6.30. The van der Waals surface area contributed by atoms with E-state index in [4.69, 9.17) is 11.6 Å². The number of benzene rings is 2. The normalized spacial score (nSPS) is 10.3. The summed E-state index contributed by atoms with van der Waals surface area (Å²) in [7, 11) is 1.74. The molecule has 0 atom stereocenters. The molecule has 0 saturated carbocycles. The van der Waals surface area contributed by atoms with Crippen LogP contribution in [0.4, 0.5) is 0 Å². The molecule has 0 unspecified atom stereocenters. The lowest BCUT2D eigenvalue weighted by Gasteiger charge is -2.17. The van der Waals surface area contributed by atoms with Gasteiger partial charge in [0.25, 0.3) is 5.91 Å². The largest absolute Gasteiger partial charge is 0.352 e. The van der Waals surface area contributed by atoms with Crippen LogP contribution in [-0.2, 0) is 11.3 Å². The number of halogens is 1. The molecule has 2 aromatic carbocycles. The van der Waals surface area contributed by atoms with E-state index in [9.17, 15) is 9.59 Å². The van der Waals surface area contributed by atoms with E-state index in [0.29, 0.717) is 23.7 Å². The summed E-state index contributed by atoms with van der Waals surface area (Å²) in [6.45, 7) is 2.74. The fraction of sp³-hybridized carbons (Fsp3) is 0.263. The maximum Gasteiger partial charge on any atom is 0.251 e. The van der Waals surface area contributed by atoms with E-state index in [0.717, 1.165) is 11.1 Å². The molecule has 2 rings (SSSR count). The van der Waals surface area contributed by atoms with Gasteiger partial charge in [0.1, 0.15) is 0 Å². The number of hydrogen-bond acceptors (Lipinski definition) is 2. The first-order chi connectivity index (χ1) is 11.5. The van der Waals surface area contributed by atoms with Crippen LogP contribution in [0.1, 0.15) is 27.9 Å². The van der Waals surface area contributed by atoms with Gasteiger partial charge in [0, 0.05) is 37.1 Å². The maximum absolute atomic E-state index is 12.1. The van der Waals surface area contributed by atoms with Crippen molar-refractivity contribution in [1.82, 2.24) is 10.2 Å². The Hall–Kier alpha value is -2.33. The van der Waals surface area contributed by atoms with Gasteiger partial charge in [-0.15, -0.1) is 0 Å². The summed E-state index contributed by atoms with van der Waals surface area (Å²) in [6, 6.07) is 14.8. The highest BCUT2D eigenvalue weighted by Crippen LogP contribution is 2.12. The van der Waals surface area contributed by atoms with Gasteiger partial charge >= 0.3 is 0 Å². The molecule has 4 nitrogen and oxygen atoms in total. The Bertz CT molecular complexity index is 731. The van der Waals surface area contributed by atoms with Crippen LogP contribution in [0.25, 0.3) is 0 Å². The SMILES string of the molecule is Cc1cccc(C(=O)NCCC(=O)N(C)Cc2cccc(Cl)c2)c1. The van der Waals surface area contributed by atoms with Gasteiger partial charge in [-0.05, 0) is 36.8 Å². The second-order valence-corrected chi connectivity index (χ2v) is 6.19. The third kappa shape index (κ3) is 5.39. The summed E-state index contributed by atoms with van der Waals surface area (Å²) in [5.41, 5.74) is 2.61. The molecule has 126 valence electrons. The molecular formula is C19H21ClN2O2. The number of nitrogens with zero attached hydrogens (tertiary/aromatic N) is 1. The molecule has 24 heavy (non-hydrogen) atoms. The van der Waals surface area contributed by atoms with Crippen LogP contribution in [0.15, 0.2) is 48.5 Å². The summed E-state index contributed by atoms with van der Waals surface area (Å²) in [5, 5.41) is 3.43. The molecule has 0 spiro atoms. The first-order valence-electron chi connectivity index (χ1n) is 7.79. The smallest absolute Gasteiger partial charge is 0.251 e. The Morgan fingerprint density at radius 1 is 1.12 bits per heavy atom. The van der Waals surface area contributed by atoms with Crippen molar-refractivity contribution in [3.05, 3.63) is 70.2 Å². The summed E-state index contributed by atoms with van der Waals surface area (Å²) in [6.07, 6.45) is 0.259. The van der Waals surface area contributed by atoms with Gasteiger partial charge in [-0.1, -0.05) is 41.4 Å². The van der Waals surface area contributed by atoms with Crippen molar-refractivity contribution in [2.24, 2.45) is 0 Å². The zero-order chi connectivity index (χ0) is 17.5. The number of rotatable bonds is 6. The lowest BCUT2D eigenvalue weighted by atomic mass is 10.1. The van der Waals surface area contributed by atoms with Gasteiger partial charge in [0.2, 0.25) is 5.91 Å². The molecule has 2 amide bonds. The minimum atomic E-state index is -0.163. The fourth-order valence-corrected chi connectivity index (χ4v) is 2.57. The molecule has 0 aliphatic rings. The molecule has 0 aliphatic carbocycles. The highest BCUT2D eigenvalue weighted by atomic mass is 35.5. The quantitative estimate of drug-likeness (QED) is 0.872. The van der Waals surface area contributed by atoms with E-state index in [1.165, 1.54) is 0 Å². The van der Waals surface area contributed by atoms with E-state index >= 15 is 0 Å². The van der Waals surface area contributed by atoms with Crippen LogP contribution in [-0.4, -0.2) is 30.3 Å². The van der Waals surface area contributed by atoms with Crippen molar-refractivity contribution < 1.29 is 9.59 Å². The van der Waals surface area contributed by atoms with Gasteiger partial charge in [0.15, 0.2) is 0 Å². The molecule has 0 aliphatic heterocycles. The van der Waals surface area contributed by atoms with Crippen molar-refractivity contribution in [2.45, 2.75) is 19.9 Å². The molecular weight excluding hydrogens is 324 g/mol. The molecule has 0 saturated heterocycles. The average Bonchev–Trinajstić information content (AvgIpc) is 2.54. The van der Waals surface area contributed by atoms with E-state index in [1.54, 1.807) is 24.1 Å². The first-order valence-corrected chi connectivity index (χ1v) is 8.17. The second-order valence-electron chi connectivity index (χ2n) is 5.76. The zero-order valence-corrected chi connectivity index (χ0v) is 14.6. The number of carbonyl (C=O) groups excluding carboxylic acids is 2. The molecule has 0 heterocycles. The van der Waals surface area contributed by atoms with Crippen molar-refractivity contribution >= 4 is 23.4 Å². The minimum absolute atomic E-state index is 0.0282. The van der Waals surface area contributed by atoms with E-state index < -0.39 is 0 Å². The topological polar surface area (TPSA) is 49.4 Å². The van der Waals surface area contributed by atoms with Gasteiger partial charge in [0.05, 0.1) is 0 Å².